The number of para-hydroxylation sites is 2. The molecule has 0 bridgehead atoms. The second-order valence-electron chi connectivity index (χ2n) is 7.88. The van der Waals surface area contributed by atoms with Crippen LogP contribution in [-0.2, 0) is 6.42 Å². The summed E-state index contributed by atoms with van der Waals surface area (Å²) in [6.45, 7) is 4.41. The smallest absolute Gasteiger partial charge is 0.253 e. The number of aromatic nitrogens is 3. The molecule has 0 saturated heterocycles. The van der Waals surface area contributed by atoms with Gasteiger partial charge in [-0.25, -0.2) is 4.68 Å². The van der Waals surface area contributed by atoms with Crippen LogP contribution >= 0.6 is 0 Å². The first-order chi connectivity index (χ1) is 16.0. The molecule has 0 unspecified atom stereocenters. The highest BCUT2D eigenvalue weighted by Crippen LogP contribution is 2.22. The molecule has 166 valence electrons. The predicted octanol–water partition coefficient (Wildman–Crippen LogP) is 4.10. The lowest BCUT2D eigenvalue weighted by molar-refractivity contribution is 0.0952. The first-order valence-electron chi connectivity index (χ1n) is 10.9. The maximum absolute atomic E-state index is 12.8. The zero-order chi connectivity index (χ0) is 23.4. The number of nitrogens with zero attached hydrogens (tertiary/aromatic N) is 4. The zero-order valence-electron chi connectivity index (χ0n) is 18.7. The third-order valence-electron chi connectivity index (χ3n) is 5.67. The number of carbonyl (C=O) groups is 1. The lowest BCUT2D eigenvalue weighted by Crippen LogP contribution is -2.25. The van der Waals surface area contributed by atoms with Gasteiger partial charge < -0.3 is 15.6 Å². The van der Waals surface area contributed by atoms with Crippen LogP contribution in [0.25, 0.3) is 11.4 Å². The molecule has 4 aromatic rings. The molecule has 33 heavy (non-hydrogen) atoms. The molecule has 7 nitrogen and oxygen atoms in total. The number of amides is 1. The minimum atomic E-state index is -0.111. The Bertz CT molecular complexity index is 1310. The number of nitrogens with two attached hydrogens (primary N) is 1. The molecule has 2 aromatic heterocycles. The van der Waals surface area contributed by atoms with Gasteiger partial charge in [0.05, 0.1) is 16.9 Å². The standard InChI is InChI=1S/C26H26N6O/c1-18-16-22(19(2)31(18)20-10-5-3-6-11-20)26(33)29-15-9-14-24-23(17-27)25(28)32(30-24)21-12-7-4-8-13-21/h3-8,10-13,16H,9,14-15,28H2,1-2H3,(H,29,33). The van der Waals surface area contributed by atoms with Crippen molar-refractivity contribution in [3.63, 3.8) is 0 Å². The Kier molecular flexibility index (Phi) is 6.27. The normalized spacial score (nSPS) is 10.7. The molecule has 7 heteroatoms. The van der Waals surface area contributed by atoms with E-state index in [1.165, 1.54) is 0 Å². The van der Waals surface area contributed by atoms with Gasteiger partial charge in [0.1, 0.15) is 17.5 Å². The fraction of sp³-hybridized carbons (Fsp3) is 0.192. The number of nitrogens with one attached hydrogen (secondary N) is 1. The lowest BCUT2D eigenvalue weighted by atomic mass is 10.1. The average molecular weight is 439 g/mol. The van der Waals surface area contributed by atoms with Crippen LogP contribution in [0.3, 0.4) is 0 Å². The molecular formula is C26H26N6O. The lowest BCUT2D eigenvalue weighted by Gasteiger charge is -2.10. The molecule has 1 amide bonds. The van der Waals surface area contributed by atoms with Crippen molar-refractivity contribution in [3.05, 3.63) is 94.9 Å². The summed E-state index contributed by atoms with van der Waals surface area (Å²) in [7, 11) is 0. The van der Waals surface area contributed by atoms with E-state index in [2.05, 4.69) is 21.1 Å². The summed E-state index contributed by atoms with van der Waals surface area (Å²) in [5, 5.41) is 17.1. The Morgan fingerprint density at radius 3 is 2.33 bits per heavy atom. The summed E-state index contributed by atoms with van der Waals surface area (Å²) in [6.07, 6.45) is 1.18. The number of hydrogen-bond donors (Lipinski definition) is 2. The van der Waals surface area contributed by atoms with Crippen molar-refractivity contribution in [2.75, 3.05) is 12.3 Å². The molecular weight excluding hydrogens is 412 g/mol. The SMILES string of the molecule is Cc1cc(C(=O)NCCCc2nn(-c3ccccc3)c(N)c2C#N)c(C)n1-c1ccccc1. The van der Waals surface area contributed by atoms with Gasteiger partial charge in [-0.3, -0.25) is 4.79 Å². The molecule has 2 aromatic carbocycles. The number of nitrogen functional groups attached to an aromatic ring is 1. The van der Waals surface area contributed by atoms with E-state index in [0.29, 0.717) is 42.0 Å². The van der Waals surface area contributed by atoms with Gasteiger partial charge >= 0.3 is 0 Å². The predicted molar refractivity (Wildman–Crippen MR) is 129 cm³/mol. The Hall–Kier alpha value is -4.31. The van der Waals surface area contributed by atoms with E-state index >= 15 is 0 Å². The van der Waals surface area contributed by atoms with E-state index in [9.17, 15) is 10.1 Å². The number of anilines is 1. The van der Waals surface area contributed by atoms with Crippen LogP contribution in [0, 0.1) is 25.2 Å². The largest absolute Gasteiger partial charge is 0.382 e. The van der Waals surface area contributed by atoms with Gasteiger partial charge in [0.2, 0.25) is 0 Å². The second-order valence-corrected chi connectivity index (χ2v) is 7.88. The number of rotatable bonds is 7. The second kappa shape index (κ2) is 9.45. The van der Waals surface area contributed by atoms with Crippen molar-refractivity contribution in [1.29, 1.82) is 5.26 Å². The van der Waals surface area contributed by atoms with Crippen molar-refractivity contribution in [2.45, 2.75) is 26.7 Å². The number of carbonyl (C=O) groups excluding carboxylic acids is 1. The molecule has 0 spiro atoms. The monoisotopic (exact) mass is 438 g/mol. The number of nitriles is 1. The van der Waals surface area contributed by atoms with Crippen LogP contribution in [0.2, 0.25) is 0 Å². The van der Waals surface area contributed by atoms with E-state index in [4.69, 9.17) is 5.73 Å². The molecule has 0 radical (unpaired) electrons. The third kappa shape index (κ3) is 4.37. The van der Waals surface area contributed by atoms with Crippen LogP contribution in [-0.4, -0.2) is 26.8 Å². The van der Waals surface area contributed by atoms with Crippen molar-refractivity contribution < 1.29 is 4.79 Å². The fourth-order valence-electron chi connectivity index (χ4n) is 4.06. The summed E-state index contributed by atoms with van der Waals surface area (Å²) in [5.74, 6) is 0.219. The van der Waals surface area contributed by atoms with E-state index in [-0.39, 0.29) is 5.91 Å². The van der Waals surface area contributed by atoms with Crippen LogP contribution in [0.1, 0.15) is 39.4 Å². The molecule has 2 heterocycles. The molecule has 0 aliphatic carbocycles. The van der Waals surface area contributed by atoms with Gasteiger partial charge in [0.15, 0.2) is 0 Å². The van der Waals surface area contributed by atoms with E-state index in [1.807, 2.05) is 80.6 Å². The molecule has 3 N–H and O–H groups in total. The van der Waals surface area contributed by atoms with Gasteiger partial charge in [0.25, 0.3) is 5.91 Å². The van der Waals surface area contributed by atoms with E-state index in [1.54, 1.807) is 4.68 Å². The van der Waals surface area contributed by atoms with Crippen LogP contribution in [0.5, 0.6) is 0 Å². The van der Waals surface area contributed by atoms with Crippen molar-refractivity contribution >= 4 is 11.7 Å². The van der Waals surface area contributed by atoms with Crippen LogP contribution in [0.15, 0.2) is 66.7 Å². The maximum atomic E-state index is 12.8. The number of aryl methyl sites for hydroxylation is 2. The van der Waals surface area contributed by atoms with Crippen molar-refractivity contribution in [2.24, 2.45) is 0 Å². The van der Waals surface area contributed by atoms with Crippen LogP contribution in [0.4, 0.5) is 5.82 Å². The summed E-state index contributed by atoms with van der Waals surface area (Å²) < 4.78 is 3.66. The summed E-state index contributed by atoms with van der Waals surface area (Å²) in [5.41, 5.74) is 11.6. The Morgan fingerprint density at radius 2 is 1.70 bits per heavy atom. The van der Waals surface area contributed by atoms with Gasteiger partial charge in [-0.1, -0.05) is 36.4 Å². The summed E-state index contributed by atoms with van der Waals surface area (Å²) in [4.78, 5) is 12.8. The number of benzene rings is 2. The van der Waals surface area contributed by atoms with E-state index < -0.39 is 0 Å². The fourth-order valence-corrected chi connectivity index (χ4v) is 4.06. The molecule has 0 saturated carbocycles. The molecule has 0 aliphatic rings. The highest BCUT2D eigenvalue weighted by atomic mass is 16.1. The summed E-state index contributed by atoms with van der Waals surface area (Å²) in [6, 6.07) is 23.5. The first kappa shape index (κ1) is 21.9. The number of hydrogen-bond acceptors (Lipinski definition) is 4. The third-order valence-corrected chi connectivity index (χ3v) is 5.67. The minimum Gasteiger partial charge on any atom is -0.382 e. The Balaban J connectivity index is 1.41. The molecule has 4 rings (SSSR count). The zero-order valence-corrected chi connectivity index (χ0v) is 18.7. The highest BCUT2D eigenvalue weighted by molar-refractivity contribution is 5.95. The molecule has 0 atom stereocenters. The Morgan fingerprint density at radius 1 is 1.06 bits per heavy atom. The minimum absolute atomic E-state index is 0.111. The van der Waals surface area contributed by atoms with Crippen LogP contribution < -0.4 is 11.1 Å². The highest BCUT2D eigenvalue weighted by Gasteiger charge is 2.18. The van der Waals surface area contributed by atoms with Gasteiger partial charge in [-0.05, 0) is 57.0 Å². The van der Waals surface area contributed by atoms with Gasteiger partial charge in [-0.15, -0.1) is 0 Å². The van der Waals surface area contributed by atoms with Crippen molar-refractivity contribution in [3.8, 4) is 17.4 Å². The van der Waals surface area contributed by atoms with Gasteiger partial charge in [-0.2, -0.15) is 10.4 Å². The molecule has 0 fully saturated rings. The maximum Gasteiger partial charge on any atom is 0.253 e. The average Bonchev–Trinajstić information content (AvgIpc) is 3.32. The Labute approximate surface area is 193 Å². The molecule has 0 aliphatic heterocycles. The first-order valence-corrected chi connectivity index (χ1v) is 10.9. The van der Waals surface area contributed by atoms with Gasteiger partial charge in [0, 0.05) is 23.6 Å². The summed E-state index contributed by atoms with van der Waals surface area (Å²) >= 11 is 0. The topological polar surface area (TPSA) is 102 Å². The van der Waals surface area contributed by atoms with Crippen molar-refractivity contribution in [1.82, 2.24) is 19.7 Å². The van der Waals surface area contributed by atoms with E-state index in [0.717, 1.165) is 22.8 Å². The quantitative estimate of drug-likeness (QED) is 0.424.